The van der Waals surface area contributed by atoms with Crippen LogP contribution in [0.25, 0.3) is 0 Å². The molecule has 1 aromatic rings. The number of nitrogens with one attached hydrogen (secondary N) is 2. The second kappa shape index (κ2) is 8.16. The second-order valence-electron chi connectivity index (χ2n) is 8.32. The molecule has 1 saturated heterocycles. The summed E-state index contributed by atoms with van der Waals surface area (Å²) in [7, 11) is 4.07. The second-order valence-corrected chi connectivity index (χ2v) is 8.32. The number of imide groups is 2. The largest absolute Gasteiger partial charge is 0.490 e. The van der Waals surface area contributed by atoms with Crippen LogP contribution in [0.2, 0.25) is 0 Å². The van der Waals surface area contributed by atoms with Crippen LogP contribution in [0.4, 0.5) is 0 Å². The summed E-state index contributed by atoms with van der Waals surface area (Å²) in [6, 6.07) is 4.30. The highest BCUT2D eigenvalue weighted by Gasteiger charge is 2.44. The molecule has 1 aromatic carbocycles. The number of carbonyl (C=O) groups is 4. The Morgan fingerprint density at radius 2 is 1.87 bits per heavy atom. The Morgan fingerprint density at radius 3 is 2.57 bits per heavy atom. The lowest BCUT2D eigenvalue weighted by molar-refractivity contribution is -0.136. The number of amides is 4. The average molecular weight is 414 g/mol. The zero-order valence-electron chi connectivity index (χ0n) is 17.1. The molecule has 2 N–H and O–H groups in total. The van der Waals surface area contributed by atoms with E-state index in [0.29, 0.717) is 11.8 Å². The van der Waals surface area contributed by atoms with Crippen molar-refractivity contribution in [2.45, 2.75) is 43.9 Å². The van der Waals surface area contributed by atoms with Crippen molar-refractivity contribution in [2.24, 2.45) is 0 Å². The lowest BCUT2D eigenvalue weighted by Crippen LogP contribution is -2.54. The summed E-state index contributed by atoms with van der Waals surface area (Å²) in [6.45, 7) is 1.91. The van der Waals surface area contributed by atoms with Gasteiger partial charge in [-0.15, -0.1) is 0 Å². The SMILES string of the molecule is CN(C)CCN[C@H]1C[C@H](Oc2ccc3c(c2)C(=O)N(C2CCC(=O)NC2=O)C3=O)C1. The summed E-state index contributed by atoms with van der Waals surface area (Å²) in [6.07, 6.45) is 2.09. The lowest BCUT2D eigenvalue weighted by atomic mass is 9.89. The van der Waals surface area contributed by atoms with E-state index in [1.807, 2.05) is 14.1 Å². The molecule has 1 aliphatic carbocycles. The standard InChI is InChI=1S/C21H26N4O5/c1-24(2)8-7-22-12-9-14(10-12)30-13-3-4-15-16(11-13)21(29)25(20(15)28)17-5-6-18(26)23-19(17)27/h3-4,11-12,14,17,22H,5-10H2,1-2H3,(H,23,26,27)/t12-,14-,17?. The molecule has 3 aliphatic rings. The van der Waals surface area contributed by atoms with E-state index in [0.717, 1.165) is 30.8 Å². The van der Waals surface area contributed by atoms with E-state index in [1.54, 1.807) is 18.2 Å². The average Bonchev–Trinajstić information content (AvgIpc) is 2.90. The van der Waals surface area contributed by atoms with Gasteiger partial charge in [-0.3, -0.25) is 29.4 Å². The molecule has 1 saturated carbocycles. The third kappa shape index (κ3) is 3.95. The molecule has 2 aliphatic heterocycles. The van der Waals surface area contributed by atoms with E-state index in [2.05, 4.69) is 15.5 Å². The molecular formula is C21H26N4O5. The van der Waals surface area contributed by atoms with Crippen molar-refractivity contribution in [3.8, 4) is 5.75 Å². The van der Waals surface area contributed by atoms with E-state index in [9.17, 15) is 19.2 Å². The molecule has 1 unspecified atom stereocenters. The molecule has 4 amide bonds. The highest BCUT2D eigenvalue weighted by molar-refractivity contribution is 6.23. The molecule has 160 valence electrons. The number of benzene rings is 1. The maximum Gasteiger partial charge on any atom is 0.262 e. The smallest absolute Gasteiger partial charge is 0.262 e. The summed E-state index contributed by atoms with van der Waals surface area (Å²) in [4.78, 5) is 52.1. The van der Waals surface area contributed by atoms with Gasteiger partial charge in [0.15, 0.2) is 0 Å². The minimum absolute atomic E-state index is 0.0679. The van der Waals surface area contributed by atoms with Crippen LogP contribution in [0.5, 0.6) is 5.75 Å². The first-order valence-electron chi connectivity index (χ1n) is 10.2. The predicted octanol–water partition coefficient (Wildman–Crippen LogP) is 0.149. The Balaban J connectivity index is 1.37. The van der Waals surface area contributed by atoms with Crippen molar-refractivity contribution < 1.29 is 23.9 Å². The van der Waals surface area contributed by atoms with Crippen molar-refractivity contribution in [3.05, 3.63) is 29.3 Å². The summed E-state index contributed by atoms with van der Waals surface area (Å²) in [5, 5.41) is 5.68. The molecule has 9 nitrogen and oxygen atoms in total. The van der Waals surface area contributed by atoms with Crippen LogP contribution in [-0.2, 0) is 9.59 Å². The van der Waals surface area contributed by atoms with Crippen LogP contribution >= 0.6 is 0 Å². The Kier molecular flexibility index (Phi) is 5.57. The fourth-order valence-corrected chi connectivity index (χ4v) is 4.04. The fourth-order valence-electron chi connectivity index (χ4n) is 4.04. The van der Waals surface area contributed by atoms with E-state index < -0.39 is 29.7 Å². The van der Waals surface area contributed by atoms with Gasteiger partial charge in [-0.05, 0) is 51.6 Å². The molecule has 0 spiro atoms. The first-order valence-corrected chi connectivity index (χ1v) is 10.2. The highest BCUT2D eigenvalue weighted by Crippen LogP contribution is 2.32. The number of likely N-dealkylation sites (N-methyl/N-ethyl adjacent to an activating group) is 1. The maximum atomic E-state index is 12.9. The van der Waals surface area contributed by atoms with E-state index in [1.165, 1.54) is 0 Å². The summed E-state index contributed by atoms with van der Waals surface area (Å²) >= 11 is 0. The number of hydrogen-bond donors (Lipinski definition) is 2. The van der Waals surface area contributed by atoms with Crippen molar-refractivity contribution >= 4 is 23.6 Å². The van der Waals surface area contributed by atoms with Crippen molar-refractivity contribution in [2.75, 3.05) is 27.2 Å². The van der Waals surface area contributed by atoms with E-state index >= 15 is 0 Å². The Bertz CT molecular complexity index is 893. The van der Waals surface area contributed by atoms with Crippen molar-refractivity contribution in [1.29, 1.82) is 0 Å². The first-order chi connectivity index (χ1) is 14.3. The molecule has 2 heterocycles. The molecule has 9 heteroatoms. The van der Waals surface area contributed by atoms with Gasteiger partial charge in [0.25, 0.3) is 11.8 Å². The van der Waals surface area contributed by atoms with Gasteiger partial charge in [0.1, 0.15) is 17.9 Å². The zero-order chi connectivity index (χ0) is 21.4. The number of hydrogen-bond acceptors (Lipinski definition) is 7. The van der Waals surface area contributed by atoms with Crippen LogP contribution in [-0.4, -0.2) is 78.8 Å². The third-order valence-corrected chi connectivity index (χ3v) is 5.80. The number of nitrogens with zero attached hydrogens (tertiary/aromatic N) is 2. The lowest BCUT2D eigenvalue weighted by Gasteiger charge is -2.36. The van der Waals surface area contributed by atoms with Crippen LogP contribution in [0, 0.1) is 0 Å². The van der Waals surface area contributed by atoms with E-state index in [-0.39, 0.29) is 30.1 Å². The van der Waals surface area contributed by atoms with Crippen molar-refractivity contribution in [3.63, 3.8) is 0 Å². The third-order valence-electron chi connectivity index (χ3n) is 5.80. The van der Waals surface area contributed by atoms with Crippen LogP contribution < -0.4 is 15.4 Å². The van der Waals surface area contributed by atoms with Gasteiger partial charge in [-0.2, -0.15) is 0 Å². The molecular weight excluding hydrogens is 388 g/mol. The van der Waals surface area contributed by atoms with Gasteiger partial charge in [0.2, 0.25) is 11.8 Å². The highest BCUT2D eigenvalue weighted by atomic mass is 16.5. The molecule has 0 aromatic heterocycles. The summed E-state index contributed by atoms with van der Waals surface area (Å²) in [5.41, 5.74) is 0.496. The van der Waals surface area contributed by atoms with Crippen LogP contribution in [0.3, 0.4) is 0 Å². The number of rotatable bonds is 7. The Hall–Kier alpha value is -2.78. The number of ether oxygens (including phenoxy) is 1. The summed E-state index contributed by atoms with van der Waals surface area (Å²) < 4.78 is 5.98. The van der Waals surface area contributed by atoms with Gasteiger partial charge in [-0.1, -0.05) is 0 Å². The number of carbonyl (C=O) groups excluding carboxylic acids is 4. The van der Waals surface area contributed by atoms with Crippen molar-refractivity contribution in [1.82, 2.24) is 20.4 Å². The van der Waals surface area contributed by atoms with Gasteiger partial charge in [-0.25, -0.2) is 0 Å². The topological polar surface area (TPSA) is 108 Å². The van der Waals surface area contributed by atoms with Gasteiger partial charge in [0, 0.05) is 25.6 Å². The van der Waals surface area contributed by atoms with Gasteiger partial charge >= 0.3 is 0 Å². The minimum Gasteiger partial charge on any atom is -0.490 e. The normalized spacial score (nSPS) is 26.0. The maximum absolute atomic E-state index is 12.9. The number of piperidine rings is 1. The molecule has 0 radical (unpaired) electrons. The predicted molar refractivity (Wildman–Crippen MR) is 107 cm³/mol. The molecule has 30 heavy (non-hydrogen) atoms. The Labute approximate surface area is 174 Å². The molecule has 4 rings (SSSR count). The number of fused-ring (bicyclic) bond motifs is 1. The quantitative estimate of drug-likeness (QED) is 0.612. The summed E-state index contributed by atoms with van der Waals surface area (Å²) in [5.74, 6) is -1.49. The van der Waals surface area contributed by atoms with Gasteiger partial charge in [0.05, 0.1) is 11.1 Å². The van der Waals surface area contributed by atoms with Crippen LogP contribution in [0.1, 0.15) is 46.4 Å². The molecule has 1 atom stereocenters. The first kappa shape index (κ1) is 20.5. The Morgan fingerprint density at radius 1 is 1.13 bits per heavy atom. The van der Waals surface area contributed by atoms with Crippen LogP contribution in [0.15, 0.2) is 18.2 Å². The molecule has 2 fully saturated rings. The van der Waals surface area contributed by atoms with E-state index in [4.69, 9.17) is 4.74 Å². The van der Waals surface area contributed by atoms with Gasteiger partial charge < -0.3 is 15.0 Å². The zero-order valence-corrected chi connectivity index (χ0v) is 17.1. The minimum atomic E-state index is -0.958. The molecule has 0 bridgehead atoms. The monoisotopic (exact) mass is 414 g/mol. The fraction of sp³-hybridized carbons (Fsp3) is 0.524.